The summed E-state index contributed by atoms with van der Waals surface area (Å²) in [6.45, 7) is 0. The third-order valence-corrected chi connectivity index (χ3v) is 5.10. The number of carbonyl (C=O) groups excluding carboxylic acids is 1. The van der Waals surface area contributed by atoms with Crippen molar-refractivity contribution in [3.8, 4) is 28.7 Å². The van der Waals surface area contributed by atoms with Crippen LogP contribution in [-0.2, 0) is 5.33 Å². The topological polar surface area (TPSA) is 59.3 Å². The molecule has 5 heteroatoms. The van der Waals surface area contributed by atoms with Gasteiger partial charge in [-0.1, -0.05) is 28.1 Å². The quantitative estimate of drug-likeness (QED) is 0.385. The molecule has 0 aromatic heterocycles. The lowest BCUT2D eigenvalue weighted by molar-refractivity contribution is 0.103. The minimum Gasteiger partial charge on any atom is -0.497 e. The van der Waals surface area contributed by atoms with Crippen molar-refractivity contribution in [2.45, 2.75) is 5.33 Å². The van der Waals surface area contributed by atoms with Crippen molar-refractivity contribution in [2.75, 3.05) is 14.2 Å². The Hall–Kier alpha value is -3.10. The fourth-order valence-electron chi connectivity index (χ4n) is 3.00. The summed E-state index contributed by atoms with van der Waals surface area (Å²) in [7, 11) is 3.20. The Morgan fingerprint density at radius 2 is 1.57 bits per heavy atom. The van der Waals surface area contributed by atoms with Crippen LogP contribution in [0.25, 0.3) is 11.1 Å². The predicted molar refractivity (Wildman–Crippen MR) is 112 cm³/mol. The van der Waals surface area contributed by atoms with Crippen molar-refractivity contribution in [3.63, 3.8) is 0 Å². The van der Waals surface area contributed by atoms with Gasteiger partial charge in [-0.15, -0.1) is 0 Å². The first-order valence-electron chi connectivity index (χ1n) is 8.57. The average Bonchev–Trinajstić information content (AvgIpc) is 2.77. The minimum atomic E-state index is -0.147. The van der Waals surface area contributed by atoms with Crippen LogP contribution in [0.1, 0.15) is 27.0 Å². The highest BCUT2D eigenvalue weighted by molar-refractivity contribution is 9.08. The fourth-order valence-corrected chi connectivity index (χ4v) is 3.47. The molecule has 0 aliphatic carbocycles. The number of ether oxygens (including phenoxy) is 2. The number of nitrogens with zero attached hydrogens (tertiary/aromatic N) is 1. The number of methoxy groups -OCH3 is 2. The van der Waals surface area contributed by atoms with Crippen molar-refractivity contribution in [1.82, 2.24) is 0 Å². The second-order valence-corrected chi connectivity index (χ2v) is 6.65. The highest BCUT2D eigenvalue weighted by atomic mass is 79.9. The highest BCUT2D eigenvalue weighted by Gasteiger charge is 2.18. The Morgan fingerprint density at radius 1 is 0.929 bits per heavy atom. The van der Waals surface area contributed by atoms with Gasteiger partial charge in [-0.3, -0.25) is 4.79 Å². The molecule has 140 valence electrons. The summed E-state index contributed by atoms with van der Waals surface area (Å²) >= 11 is 3.51. The molecule has 0 spiro atoms. The van der Waals surface area contributed by atoms with E-state index in [0.717, 1.165) is 22.4 Å². The molecule has 0 bridgehead atoms. The van der Waals surface area contributed by atoms with Crippen molar-refractivity contribution < 1.29 is 14.3 Å². The molecule has 0 fully saturated rings. The molecule has 0 saturated carbocycles. The van der Waals surface area contributed by atoms with Crippen LogP contribution in [0, 0.1) is 11.3 Å². The maximum Gasteiger partial charge on any atom is 0.193 e. The molecule has 0 unspecified atom stereocenters. The molecular formula is C23H18BrNO3. The normalized spacial score (nSPS) is 10.2. The molecule has 0 heterocycles. The van der Waals surface area contributed by atoms with E-state index in [0.29, 0.717) is 27.8 Å². The van der Waals surface area contributed by atoms with Gasteiger partial charge in [-0.05, 0) is 65.2 Å². The molecular weight excluding hydrogens is 418 g/mol. The van der Waals surface area contributed by atoms with Crippen molar-refractivity contribution in [2.24, 2.45) is 0 Å². The summed E-state index contributed by atoms with van der Waals surface area (Å²) in [5, 5.41) is 9.92. The van der Waals surface area contributed by atoms with E-state index in [1.165, 1.54) is 0 Å². The molecule has 0 aliphatic rings. The van der Waals surface area contributed by atoms with Gasteiger partial charge in [-0.2, -0.15) is 5.26 Å². The molecule has 3 aromatic carbocycles. The van der Waals surface area contributed by atoms with Crippen LogP contribution >= 0.6 is 15.9 Å². The van der Waals surface area contributed by atoms with Gasteiger partial charge in [0.1, 0.15) is 11.5 Å². The number of rotatable bonds is 6. The van der Waals surface area contributed by atoms with Crippen LogP contribution in [0.15, 0.2) is 60.7 Å². The maximum atomic E-state index is 13.2. The minimum absolute atomic E-state index is 0.147. The van der Waals surface area contributed by atoms with Gasteiger partial charge < -0.3 is 9.47 Å². The third kappa shape index (κ3) is 3.92. The monoisotopic (exact) mass is 435 g/mol. The van der Waals surface area contributed by atoms with Gasteiger partial charge in [0.05, 0.1) is 25.9 Å². The summed E-state index contributed by atoms with van der Waals surface area (Å²) in [6.07, 6.45) is 0. The first-order chi connectivity index (χ1) is 13.6. The van der Waals surface area contributed by atoms with E-state index in [9.17, 15) is 10.1 Å². The van der Waals surface area contributed by atoms with Gasteiger partial charge >= 0.3 is 0 Å². The Labute approximate surface area is 172 Å². The van der Waals surface area contributed by atoms with Gasteiger partial charge in [-0.25, -0.2) is 0 Å². The molecule has 0 radical (unpaired) electrons. The third-order valence-electron chi connectivity index (χ3n) is 4.49. The number of nitriles is 1. The van der Waals surface area contributed by atoms with Gasteiger partial charge in [0.2, 0.25) is 0 Å². The van der Waals surface area contributed by atoms with Crippen LogP contribution in [0.5, 0.6) is 11.5 Å². The summed E-state index contributed by atoms with van der Waals surface area (Å²) in [4.78, 5) is 13.2. The number of hydrogen-bond donors (Lipinski definition) is 0. The number of hydrogen-bond acceptors (Lipinski definition) is 4. The zero-order valence-electron chi connectivity index (χ0n) is 15.5. The molecule has 0 saturated heterocycles. The van der Waals surface area contributed by atoms with Crippen molar-refractivity contribution in [1.29, 1.82) is 5.26 Å². The van der Waals surface area contributed by atoms with E-state index in [1.54, 1.807) is 50.6 Å². The fraction of sp³-hybridized carbons (Fsp3) is 0.130. The molecule has 28 heavy (non-hydrogen) atoms. The first-order valence-corrected chi connectivity index (χ1v) is 9.69. The van der Waals surface area contributed by atoms with Crippen molar-refractivity contribution >= 4 is 21.7 Å². The van der Waals surface area contributed by atoms with E-state index in [1.807, 2.05) is 24.3 Å². The zero-order chi connectivity index (χ0) is 20.1. The Balaban J connectivity index is 2.16. The summed E-state index contributed by atoms with van der Waals surface area (Å²) in [5.74, 6) is 1.28. The zero-order valence-corrected chi connectivity index (χ0v) is 17.1. The molecule has 3 aromatic rings. The number of benzene rings is 3. The Kier molecular flexibility index (Phi) is 6.13. The van der Waals surface area contributed by atoms with E-state index >= 15 is 0 Å². The van der Waals surface area contributed by atoms with Crippen molar-refractivity contribution in [3.05, 3.63) is 82.9 Å². The largest absolute Gasteiger partial charge is 0.497 e. The van der Waals surface area contributed by atoms with Gasteiger partial charge in [0.15, 0.2) is 5.78 Å². The lowest BCUT2D eigenvalue weighted by Crippen LogP contribution is -2.05. The van der Waals surface area contributed by atoms with Gasteiger partial charge in [0, 0.05) is 16.5 Å². The second-order valence-electron chi connectivity index (χ2n) is 6.09. The summed E-state index contributed by atoms with van der Waals surface area (Å²) in [6, 6.07) is 20.0. The van der Waals surface area contributed by atoms with E-state index in [-0.39, 0.29) is 5.78 Å². The molecule has 0 amide bonds. The molecule has 3 rings (SSSR count). The van der Waals surface area contributed by atoms with E-state index in [4.69, 9.17) is 9.47 Å². The Bertz CT molecular complexity index is 1050. The molecule has 4 nitrogen and oxygen atoms in total. The maximum absolute atomic E-state index is 13.2. The number of carbonyl (C=O) groups is 1. The summed E-state index contributed by atoms with van der Waals surface area (Å²) in [5.41, 5.74) is 4.14. The standard InChI is InChI=1S/C23H18BrNO3/c1-27-18-6-4-16(5-7-18)23(26)22-11-15(14-25)3-9-21(22)20-10-8-19(28-2)12-17(20)13-24/h3-12H,13H2,1-2H3. The molecule has 0 atom stereocenters. The summed E-state index contributed by atoms with van der Waals surface area (Å²) < 4.78 is 10.5. The molecule has 0 aliphatic heterocycles. The number of ketones is 1. The molecule has 0 N–H and O–H groups in total. The van der Waals surface area contributed by atoms with Gasteiger partial charge in [0.25, 0.3) is 0 Å². The highest BCUT2D eigenvalue weighted by Crippen LogP contribution is 2.33. The van der Waals surface area contributed by atoms with Crippen LogP contribution in [-0.4, -0.2) is 20.0 Å². The van der Waals surface area contributed by atoms with Crippen LogP contribution in [0.4, 0.5) is 0 Å². The van der Waals surface area contributed by atoms with Crippen LogP contribution in [0.2, 0.25) is 0 Å². The second kappa shape index (κ2) is 8.73. The SMILES string of the molecule is COc1ccc(C(=O)c2cc(C#N)ccc2-c2ccc(OC)cc2CBr)cc1. The average molecular weight is 436 g/mol. The lowest BCUT2D eigenvalue weighted by atomic mass is 9.90. The predicted octanol–water partition coefficient (Wildman–Crippen LogP) is 5.37. The number of halogens is 1. The number of alkyl halides is 1. The smallest absolute Gasteiger partial charge is 0.193 e. The van der Waals surface area contributed by atoms with Crippen LogP contribution in [0.3, 0.4) is 0 Å². The van der Waals surface area contributed by atoms with E-state index < -0.39 is 0 Å². The lowest BCUT2D eigenvalue weighted by Gasteiger charge is -2.14. The van der Waals surface area contributed by atoms with Crippen LogP contribution < -0.4 is 9.47 Å². The Morgan fingerprint density at radius 3 is 2.18 bits per heavy atom. The van der Waals surface area contributed by atoms with E-state index in [2.05, 4.69) is 22.0 Å². The first kappa shape index (κ1) is 19.7.